The summed E-state index contributed by atoms with van der Waals surface area (Å²) in [6.07, 6.45) is 0.288. The number of hydrogen-bond donors (Lipinski definition) is 0. The summed E-state index contributed by atoms with van der Waals surface area (Å²) >= 11 is 0. The minimum absolute atomic E-state index is 0.193. The van der Waals surface area contributed by atoms with Crippen molar-refractivity contribution in [3.05, 3.63) is 65.4 Å². The van der Waals surface area contributed by atoms with Crippen molar-refractivity contribution in [3.8, 4) is 16.9 Å². The zero-order valence-electron chi connectivity index (χ0n) is 21.0. The van der Waals surface area contributed by atoms with E-state index in [1.54, 1.807) is 34.9 Å². The Morgan fingerprint density at radius 2 is 1.78 bits per heavy atom. The molecule has 0 saturated carbocycles. The summed E-state index contributed by atoms with van der Waals surface area (Å²) in [6, 6.07) is 15.3. The van der Waals surface area contributed by atoms with Crippen LogP contribution in [0.4, 0.5) is 0 Å². The number of ether oxygens (including phenoxy) is 2. The third kappa shape index (κ3) is 4.17. The number of rotatable bonds is 5. The molecule has 9 nitrogen and oxygen atoms in total. The first-order valence-corrected chi connectivity index (χ1v) is 14.2. The standard InChI is InChI=1S/C27H30N4O5S/c1-18(30-15-21(16-30)35-2)19-7-9-20(10-8-19)31-26-22-5-3-4-6-24(22)37(33,34)17-23(26)25(28-31)27(32)29-11-13-36-14-12-29/h3-10,18,21H,11-17H2,1-2H3. The molecular formula is C27H30N4O5S. The van der Waals surface area contributed by atoms with Crippen molar-refractivity contribution in [2.75, 3.05) is 46.5 Å². The highest BCUT2D eigenvalue weighted by Crippen LogP contribution is 2.41. The summed E-state index contributed by atoms with van der Waals surface area (Å²) in [5, 5.41) is 4.75. The second-order valence-corrected chi connectivity index (χ2v) is 11.8. The van der Waals surface area contributed by atoms with Gasteiger partial charge in [0.15, 0.2) is 15.5 Å². The van der Waals surface area contributed by atoms with Crippen LogP contribution in [0.25, 0.3) is 16.9 Å². The second kappa shape index (κ2) is 9.36. The maximum absolute atomic E-state index is 13.5. The lowest BCUT2D eigenvalue weighted by Gasteiger charge is -2.42. The Bertz CT molecular complexity index is 1440. The Hall–Kier alpha value is -3.05. The second-order valence-electron chi connectivity index (χ2n) is 9.83. The first kappa shape index (κ1) is 24.3. The van der Waals surface area contributed by atoms with Gasteiger partial charge in [0.2, 0.25) is 0 Å². The van der Waals surface area contributed by atoms with Crippen LogP contribution in [0.15, 0.2) is 53.4 Å². The molecule has 2 fully saturated rings. The molecule has 37 heavy (non-hydrogen) atoms. The highest BCUT2D eigenvalue weighted by molar-refractivity contribution is 7.90. The maximum atomic E-state index is 13.5. The lowest BCUT2D eigenvalue weighted by atomic mass is 10.0. The van der Waals surface area contributed by atoms with Gasteiger partial charge >= 0.3 is 0 Å². The summed E-state index contributed by atoms with van der Waals surface area (Å²) < 4.78 is 38.9. The summed E-state index contributed by atoms with van der Waals surface area (Å²) in [4.78, 5) is 17.9. The van der Waals surface area contributed by atoms with E-state index in [0.717, 1.165) is 18.8 Å². The maximum Gasteiger partial charge on any atom is 0.274 e. The Labute approximate surface area is 216 Å². The molecule has 1 unspecified atom stereocenters. The number of nitrogens with zero attached hydrogens (tertiary/aromatic N) is 4. The van der Waals surface area contributed by atoms with Crippen molar-refractivity contribution in [1.82, 2.24) is 19.6 Å². The van der Waals surface area contributed by atoms with Crippen LogP contribution in [0.5, 0.6) is 0 Å². The zero-order valence-corrected chi connectivity index (χ0v) is 21.8. The van der Waals surface area contributed by atoms with Crippen molar-refractivity contribution >= 4 is 15.7 Å². The van der Waals surface area contributed by atoms with E-state index in [-0.39, 0.29) is 34.4 Å². The Morgan fingerprint density at radius 3 is 2.49 bits per heavy atom. The summed E-state index contributed by atoms with van der Waals surface area (Å²) in [6.45, 7) is 5.81. The largest absolute Gasteiger partial charge is 0.379 e. The number of carbonyl (C=O) groups is 1. The molecule has 6 rings (SSSR count). The molecule has 194 valence electrons. The number of benzene rings is 2. The third-order valence-electron chi connectivity index (χ3n) is 7.67. The van der Waals surface area contributed by atoms with Crippen molar-refractivity contribution in [1.29, 1.82) is 0 Å². The van der Waals surface area contributed by atoms with E-state index < -0.39 is 9.84 Å². The number of aromatic nitrogens is 2. The van der Waals surface area contributed by atoms with Gasteiger partial charge < -0.3 is 14.4 Å². The number of morpholine rings is 1. The zero-order chi connectivity index (χ0) is 25.7. The number of methoxy groups -OCH3 is 1. The van der Waals surface area contributed by atoms with Crippen LogP contribution >= 0.6 is 0 Å². The quantitative estimate of drug-likeness (QED) is 0.509. The third-order valence-corrected chi connectivity index (χ3v) is 9.37. The fourth-order valence-electron chi connectivity index (χ4n) is 5.38. The van der Waals surface area contributed by atoms with Gasteiger partial charge in [0.25, 0.3) is 5.91 Å². The molecule has 3 aliphatic rings. The van der Waals surface area contributed by atoms with Gasteiger partial charge in [0.1, 0.15) is 0 Å². The van der Waals surface area contributed by atoms with Gasteiger partial charge in [0.05, 0.1) is 41.3 Å². The van der Waals surface area contributed by atoms with Crippen LogP contribution < -0.4 is 0 Å². The van der Waals surface area contributed by atoms with E-state index in [1.165, 1.54) is 5.56 Å². The number of carbonyl (C=O) groups excluding carboxylic acids is 1. The van der Waals surface area contributed by atoms with Crippen molar-refractivity contribution < 1.29 is 22.7 Å². The monoisotopic (exact) mass is 522 g/mol. The average molecular weight is 523 g/mol. The number of hydrogen-bond acceptors (Lipinski definition) is 7. The van der Waals surface area contributed by atoms with Crippen LogP contribution in [0.2, 0.25) is 0 Å². The van der Waals surface area contributed by atoms with E-state index in [1.807, 2.05) is 18.2 Å². The van der Waals surface area contributed by atoms with Crippen LogP contribution in [-0.4, -0.2) is 86.5 Å². The molecular weight excluding hydrogens is 492 g/mol. The number of amides is 1. The number of sulfone groups is 1. The molecule has 0 N–H and O–H groups in total. The highest BCUT2D eigenvalue weighted by atomic mass is 32.2. The average Bonchev–Trinajstić information content (AvgIpc) is 3.27. The Balaban J connectivity index is 1.42. The summed E-state index contributed by atoms with van der Waals surface area (Å²) in [5.74, 6) is -0.515. The van der Waals surface area contributed by atoms with Gasteiger partial charge in [-0.25, -0.2) is 13.1 Å². The molecule has 4 heterocycles. The molecule has 3 aromatic rings. The molecule has 0 radical (unpaired) electrons. The molecule has 0 aliphatic carbocycles. The number of likely N-dealkylation sites (tertiary alicyclic amines) is 1. The van der Waals surface area contributed by atoms with E-state index in [0.29, 0.717) is 43.1 Å². The lowest BCUT2D eigenvalue weighted by molar-refractivity contribution is -0.0479. The molecule has 0 spiro atoms. The number of fused-ring (bicyclic) bond motifs is 3. The van der Waals surface area contributed by atoms with Gasteiger partial charge in [-0.15, -0.1) is 0 Å². The van der Waals surface area contributed by atoms with Gasteiger partial charge in [-0.2, -0.15) is 5.10 Å². The predicted molar refractivity (Wildman–Crippen MR) is 137 cm³/mol. The lowest BCUT2D eigenvalue weighted by Crippen LogP contribution is -2.52. The minimum Gasteiger partial charge on any atom is -0.379 e. The first-order chi connectivity index (χ1) is 17.9. The summed E-state index contributed by atoms with van der Waals surface area (Å²) in [7, 11) is -1.86. The highest BCUT2D eigenvalue weighted by Gasteiger charge is 2.37. The Kier molecular flexibility index (Phi) is 6.15. The van der Waals surface area contributed by atoms with E-state index in [9.17, 15) is 13.2 Å². The molecule has 1 aromatic heterocycles. The fraction of sp³-hybridized carbons (Fsp3) is 0.407. The normalized spacial score (nSPS) is 20.1. The molecule has 1 atom stereocenters. The fourth-order valence-corrected chi connectivity index (χ4v) is 6.97. The molecule has 0 bridgehead atoms. The summed E-state index contributed by atoms with van der Waals surface area (Å²) in [5.41, 5.74) is 3.83. The molecule has 1 amide bonds. The molecule has 3 aliphatic heterocycles. The van der Waals surface area contributed by atoms with Crippen LogP contribution in [0, 0.1) is 0 Å². The van der Waals surface area contributed by atoms with Gasteiger partial charge in [-0.3, -0.25) is 9.69 Å². The van der Waals surface area contributed by atoms with Crippen LogP contribution in [-0.2, 0) is 25.1 Å². The van der Waals surface area contributed by atoms with Crippen molar-refractivity contribution in [2.24, 2.45) is 0 Å². The van der Waals surface area contributed by atoms with Crippen LogP contribution in [0.3, 0.4) is 0 Å². The molecule has 2 saturated heterocycles. The SMILES string of the molecule is COC1CN(C(C)c2ccc(-n3nc(C(=O)N4CCOCC4)c4c3-c3ccccc3S(=O)(=O)C4)cc2)C1. The van der Waals surface area contributed by atoms with Crippen molar-refractivity contribution in [3.63, 3.8) is 0 Å². The van der Waals surface area contributed by atoms with Gasteiger partial charge in [0, 0.05) is 50.5 Å². The molecule has 10 heteroatoms. The smallest absolute Gasteiger partial charge is 0.274 e. The van der Waals surface area contributed by atoms with E-state index in [2.05, 4.69) is 24.0 Å². The minimum atomic E-state index is -3.61. The predicted octanol–water partition coefficient (Wildman–Crippen LogP) is 2.69. The molecule has 2 aromatic carbocycles. The van der Waals surface area contributed by atoms with E-state index in [4.69, 9.17) is 14.6 Å². The topological polar surface area (TPSA) is 94.0 Å². The van der Waals surface area contributed by atoms with Gasteiger partial charge in [-0.1, -0.05) is 30.3 Å². The van der Waals surface area contributed by atoms with Crippen molar-refractivity contribution in [2.45, 2.75) is 29.7 Å². The van der Waals surface area contributed by atoms with Gasteiger partial charge in [-0.05, 0) is 30.7 Å². The van der Waals surface area contributed by atoms with Crippen LogP contribution in [0.1, 0.15) is 34.6 Å². The Morgan fingerprint density at radius 1 is 1.08 bits per heavy atom. The van der Waals surface area contributed by atoms with E-state index >= 15 is 0 Å². The first-order valence-electron chi connectivity index (χ1n) is 12.6.